The molecule has 0 bridgehead atoms. The van der Waals surface area contributed by atoms with E-state index in [0.717, 1.165) is 0 Å². The Morgan fingerprint density at radius 3 is 2.87 bits per heavy atom. The molecule has 0 saturated carbocycles. The Morgan fingerprint density at radius 1 is 1.57 bits per heavy atom. The number of aliphatic imine (C=N–C) groups is 1. The molecule has 0 spiro atoms. The summed E-state index contributed by atoms with van der Waals surface area (Å²) in [5, 5.41) is 8.90. The van der Waals surface area contributed by atoms with Gasteiger partial charge in [0.25, 0.3) is 0 Å². The molecule has 128 valence electrons. The number of hydrogen-bond acceptors (Lipinski definition) is 4. The second-order valence-corrected chi connectivity index (χ2v) is 5.04. The molecule has 0 radical (unpaired) electrons. The first-order chi connectivity index (χ1) is 11.0. The molecule has 2 unspecified atom stereocenters. The van der Waals surface area contributed by atoms with Gasteiger partial charge in [0.05, 0.1) is 25.0 Å². The predicted octanol–water partition coefficient (Wildman–Crippen LogP) is 2.30. The van der Waals surface area contributed by atoms with Gasteiger partial charge in [0, 0.05) is 18.3 Å². The number of nitrogens with one attached hydrogen (secondary N) is 3. The monoisotopic (exact) mass is 328 g/mol. The van der Waals surface area contributed by atoms with E-state index in [1.54, 1.807) is 6.20 Å². The molecular weight excluding hydrogens is 305 g/mol. The molecule has 1 aliphatic heterocycles. The molecule has 0 aromatic carbocycles. The highest BCUT2D eigenvalue weighted by Gasteiger charge is 2.17. The molecule has 0 aromatic heterocycles. The van der Waals surface area contributed by atoms with Crippen molar-refractivity contribution >= 4 is 6.72 Å². The summed E-state index contributed by atoms with van der Waals surface area (Å²) < 4.78 is 39.2. The average Bonchev–Trinajstić information content (AvgIpc) is 2.48. The minimum atomic E-state index is -1.13. The second-order valence-electron chi connectivity index (χ2n) is 5.04. The highest BCUT2D eigenvalue weighted by Crippen LogP contribution is 2.21. The Bertz CT molecular complexity index is 509. The van der Waals surface area contributed by atoms with Crippen molar-refractivity contribution in [1.82, 2.24) is 16.0 Å². The Hall–Kier alpha value is -2.02. The fourth-order valence-electron chi connectivity index (χ4n) is 2.17. The molecule has 0 aromatic rings. The molecule has 0 saturated heterocycles. The van der Waals surface area contributed by atoms with Crippen molar-refractivity contribution in [3.8, 4) is 0 Å². The second kappa shape index (κ2) is 9.89. The van der Waals surface area contributed by atoms with E-state index in [9.17, 15) is 13.2 Å². The van der Waals surface area contributed by atoms with Gasteiger partial charge in [0.15, 0.2) is 0 Å². The first-order valence-corrected chi connectivity index (χ1v) is 7.28. The topological polar surface area (TPSA) is 48.5 Å². The zero-order chi connectivity index (χ0) is 17.2. The molecule has 23 heavy (non-hydrogen) atoms. The van der Waals surface area contributed by atoms with Gasteiger partial charge >= 0.3 is 0 Å². The molecule has 1 rings (SSSR count). The lowest BCUT2D eigenvalue weighted by Crippen LogP contribution is -2.40. The van der Waals surface area contributed by atoms with E-state index in [4.69, 9.17) is 0 Å². The van der Waals surface area contributed by atoms with Crippen LogP contribution in [0.5, 0.6) is 0 Å². The molecule has 0 fully saturated rings. The van der Waals surface area contributed by atoms with E-state index in [1.165, 1.54) is 19.1 Å². The summed E-state index contributed by atoms with van der Waals surface area (Å²) in [5.41, 5.74) is 1.86. The summed E-state index contributed by atoms with van der Waals surface area (Å²) in [5.74, 6) is -0.540. The molecule has 7 heteroatoms. The normalized spacial score (nSPS) is 20.6. The van der Waals surface area contributed by atoms with E-state index in [0.29, 0.717) is 23.4 Å². The van der Waals surface area contributed by atoms with E-state index in [1.807, 2.05) is 0 Å². The van der Waals surface area contributed by atoms with Gasteiger partial charge in [0.1, 0.15) is 18.7 Å². The van der Waals surface area contributed by atoms with Crippen molar-refractivity contribution in [3.05, 3.63) is 47.6 Å². The van der Waals surface area contributed by atoms with Gasteiger partial charge in [-0.05, 0) is 31.4 Å². The van der Waals surface area contributed by atoms with Crippen molar-refractivity contribution in [1.29, 1.82) is 0 Å². The van der Waals surface area contributed by atoms with Crippen molar-refractivity contribution < 1.29 is 13.2 Å². The first-order valence-electron chi connectivity index (χ1n) is 7.28. The Morgan fingerprint density at radius 2 is 2.30 bits per heavy atom. The zero-order valence-electron chi connectivity index (χ0n) is 13.2. The van der Waals surface area contributed by atoms with Gasteiger partial charge in [-0.15, -0.1) is 0 Å². The first kappa shape index (κ1) is 19.0. The molecule has 1 aliphatic rings. The van der Waals surface area contributed by atoms with Crippen LogP contribution in [0.15, 0.2) is 52.6 Å². The lowest BCUT2D eigenvalue weighted by atomic mass is 9.98. The summed E-state index contributed by atoms with van der Waals surface area (Å²) >= 11 is 0. The van der Waals surface area contributed by atoms with Crippen molar-refractivity contribution in [2.24, 2.45) is 4.99 Å². The Kier molecular flexibility index (Phi) is 8.18. The van der Waals surface area contributed by atoms with E-state index < -0.39 is 24.7 Å². The van der Waals surface area contributed by atoms with Gasteiger partial charge in [0.2, 0.25) is 0 Å². The third kappa shape index (κ3) is 6.32. The maximum atomic E-state index is 13.2. The number of allylic oxidation sites excluding steroid dienone is 3. The zero-order valence-corrected chi connectivity index (χ0v) is 13.2. The fourth-order valence-corrected chi connectivity index (χ4v) is 2.17. The van der Waals surface area contributed by atoms with Crippen LogP contribution in [0.25, 0.3) is 0 Å². The molecule has 3 N–H and O–H groups in total. The van der Waals surface area contributed by atoms with Crippen LogP contribution < -0.4 is 16.0 Å². The lowest BCUT2D eigenvalue weighted by molar-refractivity contribution is 0.428. The molecule has 0 aliphatic carbocycles. The van der Waals surface area contributed by atoms with E-state index in [-0.39, 0.29) is 13.2 Å². The van der Waals surface area contributed by atoms with Crippen molar-refractivity contribution in [2.45, 2.75) is 19.1 Å². The number of hydrogen-bond donors (Lipinski definition) is 3. The number of halogens is 3. The van der Waals surface area contributed by atoms with Crippen LogP contribution in [-0.4, -0.2) is 45.4 Å². The SMILES string of the molecule is C=NCC(NCNC1=CNCC(=C/C(C)F)/C1=C\CF)C(=C)F. The van der Waals surface area contributed by atoms with Crippen LogP contribution in [-0.2, 0) is 0 Å². The summed E-state index contributed by atoms with van der Waals surface area (Å²) in [6.45, 7) is 8.10. The molecule has 2 atom stereocenters. The largest absolute Gasteiger partial charge is 0.385 e. The molecule has 0 amide bonds. The van der Waals surface area contributed by atoms with Crippen LogP contribution in [0.3, 0.4) is 0 Å². The van der Waals surface area contributed by atoms with Gasteiger partial charge in [-0.1, -0.05) is 6.58 Å². The van der Waals surface area contributed by atoms with Gasteiger partial charge in [-0.25, -0.2) is 13.2 Å². The maximum Gasteiger partial charge on any atom is 0.116 e. The summed E-state index contributed by atoms with van der Waals surface area (Å²) in [7, 11) is 0. The van der Waals surface area contributed by atoms with Gasteiger partial charge in [-0.2, -0.15) is 0 Å². The van der Waals surface area contributed by atoms with Gasteiger partial charge in [-0.3, -0.25) is 10.3 Å². The van der Waals surface area contributed by atoms with Crippen LogP contribution in [0.4, 0.5) is 13.2 Å². The van der Waals surface area contributed by atoms with Crippen LogP contribution >= 0.6 is 0 Å². The van der Waals surface area contributed by atoms with Gasteiger partial charge < -0.3 is 10.6 Å². The summed E-state index contributed by atoms with van der Waals surface area (Å²) in [6.07, 6.45) is 3.36. The third-order valence-electron chi connectivity index (χ3n) is 3.20. The van der Waals surface area contributed by atoms with Crippen LogP contribution in [0.2, 0.25) is 0 Å². The Labute approximate surface area is 134 Å². The van der Waals surface area contributed by atoms with E-state index >= 15 is 0 Å². The van der Waals surface area contributed by atoms with Crippen molar-refractivity contribution in [2.75, 3.05) is 26.4 Å². The molecule has 1 heterocycles. The summed E-state index contributed by atoms with van der Waals surface area (Å²) in [4.78, 5) is 3.63. The average molecular weight is 328 g/mol. The van der Waals surface area contributed by atoms with Crippen LogP contribution in [0, 0.1) is 0 Å². The standard InChI is InChI=1S/C16H23F3N4/c1-11(18)6-13-7-21-9-16(14(13)4-5-17)23-10-22-15(8-20-3)12(2)19/h4,6,9,11,15,21-23H,2-3,5,7-8,10H2,1H3/b13-6-,14-4+. The Balaban J connectivity index is 2.74. The van der Waals surface area contributed by atoms with E-state index in [2.05, 4.69) is 34.2 Å². The van der Waals surface area contributed by atoms with Crippen LogP contribution in [0.1, 0.15) is 6.92 Å². The minimum absolute atomic E-state index is 0.159. The highest BCUT2D eigenvalue weighted by molar-refractivity contribution is 5.49. The minimum Gasteiger partial charge on any atom is -0.385 e. The fraction of sp³-hybridized carbons (Fsp3) is 0.438. The number of nitrogens with zero attached hydrogens (tertiary/aromatic N) is 1. The smallest absolute Gasteiger partial charge is 0.116 e. The number of alkyl halides is 2. The lowest BCUT2D eigenvalue weighted by Gasteiger charge is -2.24. The van der Waals surface area contributed by atoms with Crippen molar-refractivity contribution in [3.63, 3.8) is 0 Å². The molecular formula is C16H23F3N4. The molecule has 4 nitrogen and oxygen atoms in total. The predicted molar refractivity (Wildman–Crippen MR) is 88.4 cm³/mol. The summed E-state index contributed by atoms with van der Waals surface area (Å²) in [6, 6.07) is -0.647. The maximum absolute atomic E-state index is 13.2. The highest BCUT2D eigenvalue weighted by atomic mass is 19.1. The number of rotatable bonds is 9. The third-order valence-corrected chi connectivity index (χ3v) is 3.20. The quantitative estimate of drug-likeness (QED) is 0.450.